The normalized spacial score (nSPS) is 28.4. The smallest absolute Gasteiger partial charge is 0.339 e. The molecule has 0 saturated heterocycles. The number of nitrogens with zero attached hydrogens (tertiary/aromatic N) is 2. The first-order valence-electron chi connectivity index (χ1n) is 7.58. The third-order valence-electron chi connectivity index (χ3n) is 4.87. The predicted molar refractivity (Wildman–Crippen MR) is 76.6 cm³/mol. The third kappa shape index (κ3) is 3.40. The molecule has 2 aliphatic rings. The summed E-state index contributed by atoms with van der Waals surface area (Å²) < 4.78 is 43.8. The first kappa shape index (κ1) is 17.5. The zero-order valence-electron chi connectivity index (χ0n) is 12.2. The van der Waals surface area contributed by atoms with E-state index in [9.17, 15) is 13.2 Å². The number of alkyl halides is 3. The van der Waals surface area contributed by atoms with E-state index >= 15 is 0 Å². The standard InChI is InChI=1S/C14H20F3N3O.ClH/c15-14(16,17)10-5-3-4-9(8-10)11-19-12(20-21-11)13(18)6-1-2-7-13;/h9-10H,1-8,18H2;1H. The highest BCUT2D eigenvalue weighted by Crippen LogP contribution is 2.44. The summed E-state index contributed by atoms with van der Waals surface area (Å²) in [6.45, 7) is 0. The van der Waals surface area contributed by atoms with Crippen LogP contribution in [0.3, 0.4) is 0 Å². The minimum atomic E-state index is -4.14. The van der Waals surface area contributed by atoms with Crippen LogP contribution >= 0.6 is 12.4 Å². The van der Waals surface area contributed by atoms with Gasteiger partial charge in [0.15, 0.2) is 5.82 Å². The molecule has 1 aromatic heterocycles. The van der Waals surface area contributed by atoms with Gasteiger partial charge < -0.3 is 10.3 Å². The van der Waals surface area contributed by atoms with E-state index in [0.29, 0.717) is 24.6 Å². The third-order valence-corrected chi connectivity index (χ3v) is 4.87. The molecule has 0 radical (unpaired) electrons. The van der Waals surface area contributed by atoms with Crippen molar-refractivity contribution in [2.75, 3.05) is 0 Å². The van der Waals surface area contributed by atoms with Crippen LogP contribution in [0, 0.1) is 5.92 Å². The lowest BCUT2D eigenvalue weighted by atomic mass is 9.81. The molecule has 22 heavy (non-hydrogen) atoms. The average molecular weight is 340 g/mol. The van der Waals surface area contributed by atoms with E-state index in [1.165, 1.54) is 0 Å². The van der Waals surface area contributed by atoms with E-state index in [0.717, 1.165) is 25.7 Å². The number of hydrogen-bond acceptors (Lipinski definition) is 4. The highest BCUT2D eigenvalue weighted by molar-refractivity contribution is 5.85. The molecule has 1 aromatic rings. The molecule has 2 saturated carbocycles. The molecule has 8 heteroatoms. The second-order valence-electron chi connectivity index (χ2n) is 6.42. The van der Waals surface area contributed by atoms with Gasteiger partial charge in [0.25, 0.3) is 0 Å². The van der Waals surface area contributed by atoms with E-state index in [2.05, 4.69) is 10.1 Å². The molecule has 2 fully saturated rings. The van der Waals surface area contributed by atoms with Crippen molar-refractivity contribution in [3.05, 3.63) is 11.7 Å². The minimum absolute atomic E-state index is 0. The van der Waals surface area contributed by atoms with Gasteiger partial charge in [-0.25, -0.2) is 0 Å². The van der Waals surface area contributed by atoms with Gasteiger partial charge in [-0.1, -0.05) is 24.4 Å². The first-order chi connectivity index (χ1) is 9.88. The van der Waals surface area contributed by atoms with E-state index in [1.54, 1.807) is 0 Å². The quantitative estimate of drug-likeness (QED) is 0.882. The Morgan fingerprint density at radius 1 is 1.14 bits per heavy atom. The van der Waals surface area contributed by atoms with Crippen LogP contribution in [0.5, 0.6) is 0 Å². The van der Waals surface area contributed by atoms with Crippen molar-refractivity contribution in [3.8, 4) is 0 Å². The van der Waals surface area contributed by atoms with Gasteiger partial charge in [-0.05, 0) is 32.1 Å². The summed E-state index contributed by atoms with van der Waals surface area (Å²) in [5.74, 6) is -0.763. The fourth-order valence-corrected chi connectivity index (χ4v) is 3.54. The highest BCUT2D eigenvalue weighted by Gasteiger charge is 2.44. The Labute approximate surface area is 133 Å². The van der Waals surface area contributed by atoms with Gasteiger partial charge in [-0.15, -0.1) is 12.4 Å². The number of halogens is 4. The van der Waals surface area contributed by atoms with Crippen LogP contribution in [-0.2, 0) is 5.54 Å². The van der Waals surface area contributed by atoms with Gasteiger partial charge in [0.05, 0.1) is 11.5 Å². The molecule has 2 atom stereocenters. The van der Waals surface area contributed by atoms with E-state index in [1.807, 2.05) is 0 Å². The molecule has 2 N–H and O–H groups in total. The average Bonchev–Trinajstić information content (AvgIpc) is 3.07. The fraction of sp³-hybridized carbons (Fsp3) is 0.857. The van der Waals surface area contributed by atoms with Gasteiger partial charge in [0, 0.05) is 5.92 Å². The number of nitrogens with two attached hydrogens (primary N) is 1. The Kier molecular flexibility index (Phi) is 5.06. The molecule has 0 amide bonds. The zero-order valence-corrected chi connectivity index (χ0v) is 13.1. The monoisotopic (exact) mass is 339 g/mol. The maximum absolute atomic E-state index is 12.9. The lowest BCUT2D eigenvalue weighted by molar-refractivity contribution is -0.183. The Bertz CT molecular complexity index is 500. The molecule has 0 bridgehead atoms. The van der Waals surface area contributed by atoms with Gasteiger partial charge >= 0.3 is 6.18 Å². The summed E-state index contributed by atoms with van der Waals surface area (Å²) in [4.78, 5) is 4.33. The summed E-state index contributed by atoms with van der Waals surface area (Å²) in [6.07, 6.45) is 0.988. The molecule has 4 nitrogen and oxygen atoms in total. The van der Waals surface area contributed by atoms with Crippen LogP contribution in [0.15, 0.2) is 4.52 Å². The Balaban J connectivity index is 0.00000176. The lowest BCUT2D eigenvalue weighted by Gasteiger charge is -2.28. The van der Waals surface area contributed by atoms with Crippen LogP contribution < -0.4 is 5.73 Å². The van der Waals surface area contributed by atoms with Crippen LogP contribution in [-0.4, -0.2) is 16.3 Å². The Morgan fingerprint density at radius 3 is 2.45 bits per heavy atom. The maximum Gasteiger partial charge on any atom is 0.391 e. The van der Waals surface area contributed by atoms with Crippen molar-refractivity contribution < 1.29 is 17.7 Å². The molecule has 0 spiro atoms. The second kappa shape index (κ2) is 6.35. The van der Waals surface area contributed by atoms with Crippen molar-refractivity contribution in [1.29, 1.82) is 0 Å². The van der Waals surface area contributed by atoms with E-state index in [4.69, 9.17) is 10.3 Å². The summed E-state index contributed by atoms with van der Waals surface area (Å²) >= 11 is 0. The number of hydrogen-bond donors (Lipinski definition) is 1. The Morgan fingerprint density at radius 2 is 1.82 bits per heavy atom. The maximum atomic E-state index is 12.9. The lowest BCUT2D eigenvalue weighted by Crippen LogP contribution is -2.34. The van der Waals surface area contributed by atoms with Crippen LogP contribution in [0.2, 0.25) is 0 Å². The van der Waals surface area contributed by atoms with Crippen molar-refractivity contribution in [1.82, 2.24) is 10.1 Å². The summed E-state index contributed by atoms with van der Waals surface area (Å²) in [6, 6.07) is 0. The van der Waals surface area contributed by atoms with Gasteiger partial charge in [-0.2, -0.15) is 18.2 Å². The molecular formula is C14H21ClF3N3O. The minimum Gasteiger partial charge on any atom is -0.339 e. The molecule has 2 aliphatic carbocycles. The van der Waals surface area contributed by atoms with Crippen LogP contribution in [0.25, 0.3) is 0 Å². The molecule has 0 aromatic carbocycles. The van der Waals surface area contributed by atoms with Crippen molar-refractivity contribution in [3.63, 3.8) is 0 Å². The van der Waals surface area contributed by atoms with Crippen LogP contribution in [0.4, 0.5) is 13.2 Å². The molecular weight excluding hydrogens is 319 g/mol. The molecule has 1 heterocycles. The summed E-state index contributed by atoms with van der Waals surface area (Å²) in [5, 5.41) is 3.94. The summed E-state index contributed by atoms with van der Waals surface area (Å²) in [5.41, 5.74) is 5.70. The van der Waals surface area contributed by atoms with Crippen LogP contribution in [0.1, 0.15) is 69.0 Å². The fourth-order valence-electron chi connectivity index (χ4n) is 3.54. The largest absolute Gasteiger partial charge is 0.391 e. The SMILES string of the molecule is Cl.NC1(c2noc(C3CCCC(C(F)(F)F)C3)n2)CCCC1. The molecule has 126 valence electrons. The van der Waals surface area contributed by atoms with Crippen molar-refractivity contribution in [2.45, 2.75) is 69.0 Å². The van der Waals surface area contributed by atoms with E-state index in [-0.39, 0.29) is 31.2 Å². The highest BCUT2D eigenvalue weighted by atomic mass is 35.5. The first-order valence-corrected chi connectivity index (χ1v) is 7.58. The van der Waals surface area contributed by atoms with E-state index < -0.39 is 17.6 Å². The summed E-state index contributed by atoms with van der Waals surface area (Å²) in [7, 11) is 0. The predicted octanol–water partition coefficient (Wildman–Crippen LogP) is 4.06. The topological polar surface area (TPSA) is 64.9 Å². The van der Waals surface area contributed by atoms with Gasteiger partial charge in [0.2, 0.25) is 5.89 Å². The van der Waals surface area contributed by atoms with Crippen molar-refractivity contribution in [2.24, 2.45) is 11.7 Å². The zero-order chi connectivity index (χ0) is 15.1. The molecule has 2 unspecified atom stereocenters. The molecule has 0 aliphatic heterocycles. The Hall–Kier alpha value is -0.820. The van der Waals surface area contributed by atoms with Gasteiger partial charge in [-0.3, -0.25) is 0 Å². The second-order valence-corrected chi connectivity index (χ2v) is 6.42. The van der Waals surface area contributed by atoms with Crippen molar-refractivity contribution >= 4 is 12.4 Å². The number of aromatic nitrogens is 2. The van der Waals surface area contributed by atoms with Gasteiger partial charge in [0.1, 0.15) is 0 Å². The molecule has 3 rings (SSSR count). The number of rotatable bonds is 2.